The van der Waals surface area contributed by atoms with E-state index in [1.165, 1.54) is 0 Å². The Morgan fingerprint density at radius 2 is 1.70 bits per heavy atom. The van der Waals surface area contributed by atoms with Crippen LogP contribution in [0, 0.1) is 0 Å². The molecule has 1 aliphatic rings. The van der Waals surface area contributed by atoms with Crippen molar-refractivity contribution in [2.24, 2.45) is 4.99 Å². The van der Waals surface area contributed by atoms with Gasteiger partial charge in [0.05, 0.1) is 27.9 Å². The number of carbonyl (C=O) groups excluding carboxylic acids is 1. The van der Waals surface area contributed by atoms with Gasteiger partial charge < -0.3 is 28.8 Å². The molecular weight excluding hydrogens is 666 g/mol. The summed E-state index contributed by atoms with van der Waals surface area (Å²) < 4.78 is 29.8. The average molecular weight is 705 g/mol. The number of carbonyl (C=O) groups is 1. The SMILES string of the molecule is COc1cccc([C@@H]2OC(c3ccc(OCCCO)cc3)=N[C@]2(Cc2ccc(Br)cc2)C(=O)NNCc2cccc(OC)c2OC)c1. The van der Waals surface area contributed by atoms with Crippen LogP contribution < -0.4 is 29.8 Å². The molecule has 5 rings (SSSR count). The van der Waals surface area contributed by atoms with E-state index in [1.807, 2.05) is 91.0 Å². The summed E-state index contributed by atoms with van der Waals surface area (Å²) in [6, 6.07) is 28.1. The first-order valence-corrected chi connectivity index (χ1v) is 15.9. The molecular formula is C36H38BrN3O7. The van der Waals surface area contributed by atoms with Gasteiger partial charge in [0.15, 0.2) is 23.1 Å². The standard InChI is InChI=1S/C36H38BrN3O7/c1-43-30-9-4-7-26(21-30)33-36(22-24-11-15-28(37)16-12-24,35(42)40-38-23-27-8-5-10-31(44-2)32(27)45-3)39-34(47-33)25-13-17-29(18-14-25)46-20-6-19-41/h4-5,7-18,21,33,38,41H,6,19-20,22-23H2,1-3H3,(H,40,42)/t33-,36-/m0/s1. The van der Waals surface area contributed by atoms with Crippen molar-refractivity contribution in [3.05, 3.63) is 118 Å². The van der Waals surface area contributed by atoms with E-state index in [-0.39, 0.29) is 25.5 Å². The van der Waals surface area contributed by atoms with Gasteiger partial charge in [-0.15, -0.1) is 0 Å². The van der Waals surface area contributed by atoms with E-state index in [2.05, 4.69) is 26.8 Å². The first kappa shape index (κ1) is 33.8. The van der Waals surface area contributed by atoms with Crippen molar-refractivity contribution in [1.29, 1.82) is 0 Å². The summed E-state index contributed by atoms with van der Waals surface area (Å²) in [7, 11) is 4.75. The van der Waals surface area contributed by atoms with Gasteiger partial charge in [0.25, 0.3) is 5.91 Å². The second-order valence-corrected chi connectivity index (χ2v) is 11.7. The molecule has 0 bridgehead atoms. The zero-order valence-electron chi connectivity index (χ0n) is 26.5. The van der Waals surface area contributed by atoms with Gasteiger partial charge in [-0.25, -0.2) is 10.4 Å². The van der Waals surface area contributed by atoms with Gasteiger partial charge in [0, 0.05) is 41.6 Å². The lowest BCUT2D eigenvalue weighted by Crippen LogP contribution is -2.53. The Labute approximate surface area is 282 Å². The number of aliphatic imine (C=N–C) groups is 1. The molecule has 2 atom stereocenters. The summed E-state index contributed by atoms with van der Waals surface area (Å²) in [4.78, 5) is 19.6. The Hall–Kier alpha value is -4.58. The van der Waals surface area contributed by atoms with Crippen molar-refractivity contribution >= 4 is 27.7 Å². The quantitative estimate of drug-likeness (QED) is 0.109. The number of halogens is 1. The lowest BCUT2D eigenvalue weighted by atomic mass is 9.82. The van der Waals surface area contributed by atoms with Crippen molar-refractivity contribution in [3.8, 4) is 23.0 Å². The van der Waals surface area contributed by atoms with E-state index in [1.54, 1.807) is 21.3 Å². The molecule has 0 saturated carbocycles. The molecule has 1 aliphatic heterocycles. The number of nitrogens with one attached hydrogen (secondary N) is 2. The maximum atomic E-state index is 14.5. The van der Waals surface area contributed by atoms with Crippen LogP contribution >= 0.6 is 15.9 Å². The van der Waals surface area contributed by atoms with Gasteiger partial charge in [-0.1, -0.05) is 52.3 Å². The minimum absolute atomic E-state index is 0.0544. The molecule has 246 valence electrons. The molecule has 4 aromatic rings. The molecule has 0 aliphatic carbocycles. The predicted molar refractivity (Wildman–Crippen MR) is 182 cm³/mol. The van der Waals surface area contributed by atoms with Crippen LogP contribution in [0.25, 0.3) is 0 Å². The van der Waals surface area contributed by atoms with Crippen molar-refractivity contribution in [1.82, 2.24) is 10.9 Å². The summed E-state index contributed by atoms with van der Waals surface area (Å²) in [5.41, 5.74) is 7.69. The first-order valence-electron chi connectivity index (χ1n) is 15.1. The second-order valence-electron chi connectivity index (χ2n) is 10.8. The van der Waals surface area contributed by atoms with Gasteiger partial charge in [0.1, 0.15) is 11.5 Å². The first-order chi connectivity index (χ1) is 22.9. The summed E-state index contributed by atoms with van der Waals surface area (Å²) in [5.74, 6) is 2.39. The predicted octanol–water partition coefficient (Wildman–Crippen LogP) is 5.56. The number of aliphatic hydroxyl groups excluding tert-OH is 1. The fourth-order valence-corrected chi connectivity index (χ4v) is 5.69. The van der Waals surface area contributed by atoms with E-state index >= 15 is 0 Å². The largest absolute Gasteiger partial charge is 0.497 e. The molecule has 0 aromatic heterocycles. The number of amides is 1. The summed E-state index contributed by atoms with van der Waals surface area (Å²) >= 11 is 3.51. The average Bonchev–Trinajstić information content (AvgIpc) is 3.50. The normalized spacial score (nSPS) is 17.0. The monoisotopic (exact) mass is 703 g/mol. The van der Waals surface area contributed by atoms with Crippen molar-refractivity contribution in [3.63, 3.8) is 0 Å². The molecule has 3 N–H and O–H groups in total. The topological polar surface area (TPSA) is 120 Å². The highest BCUT2D eigenvalue weighted by Gasteiger charge is 2.53. The van der Waals surface area contributed by atoms with Gasteiger partial charge in [0.2, 0.25) is 5.90 Å². The van der Waals surface area contributed by atoms with E-state index in [9.17, 15) is 4.79 Å². The van der Waals surface area contributed by atoms with Crippen LogP contribution in [0.1, 0.15) is 34.8 Å². The molecule has 0 spiro atoms. The van der Waals surface area contributed by atoms with E-state index < -0.39 is 11.6 Å². The molecule has 0 saturated heterocycles. The number of methoxy groups -OCH3 is 3. The molecule has 1 heterocycles. The van der Waals surface area contributed by atoms with E-state index in [0.717, 1.165) is 21.2 Å². The van der Waals surface area contributed by atoms with Crippen LogP contribution in [0.3, 0.4) is 0 Å². The number of hydrogen-bond acceptors (Lipinski definition) is 9. The van der Waals surface area contributed by atoms with Crippen LogP contribution in [-0.4, -0.2) is 57.0 Å². The number of ether oxygens (including phenoxy) is 5. The summed E-state index contributed by atoms with van der Waals surface area (Å²) in [6.07, 6.45) is -0.0271. The highest BCUT2D eigenvalue weighted by Crippen LogP contribution is 2.43. The summed E-state index contributed by atoms with van der Waals surface area (Å²) in [6.45, 7) is 0.717. The van der Waals surface area contributed by atoms with Gasteiger partial charge in [-0.2, -0.15) is 0 Å². The fourth-order valence-electron chi connectivity index (χ4n) is 5.42. The molecule has 0 radical (unpaired) electrons. The smallest absolute Gasteiger partial charge is 0.266 e. The Morgan fingerprint density at radius 3 is 2.40 bits per heavy atom. The van der Waals surface area contributed by atoms with Crippen LogP contribution in [0.15, 0.2) is 100 Å². The Bertz CT molecular complexity index is 1680. The third-order valence-corrected chi connectivity index (χ3v) is 8.31. The van der Waals surface area contributed by atoms with Crippen LogP contribution in [0.2, 0.25) is 0 Å². The highest BCUT2D eigenvalue weighted by atomic mass is 79.9. The molecule has 11 heteroatoms. The molecule has 47 heavy (non-hydrogen) atoms. The summed E-state index contributed by atoms with van der Waals surface area (Å²) in [5, 5.41) is 9.08. The number of aliphatic hydroxyl groups is 1. The minimum Gasteiger partial charge on any atom is -0.497 e. The van der Waals surface area contributed by atoms with Crippen molar-refractivity contribution < 1.29 is 33.6 Å². The second kappa shape index (κ2) is 15.8. The lowest BCUT2D eigenvalue weighted by molar-refractivity contribution is -0.130. The molecule has 1 amide bonds. The van der Waals surface area contributed by atoms with Crippen LogP contribution in [0.4, 0.5) is 0 Å². The number of para-hydroxylation sites is 1. The number of nitrogens with zero attached hydrogens (tertiary/aromatic N) is 1. The number of hydrogen-bond donors (Lipinski definition) is 3. The Kier molecular flexibility index (Phi) is 11.4. The lowest BCUT2D eigenvalue weighted by Gasteiger charge is -2.31. The number of benzene rings is 4. The maximum absolute atomic E-state index is 14.5. The van der Waals surface area contributed by atoms with Crippen LogP contribution in [0.5, 0.6) is 23.0 Å². The zero-order valence-corrected chi connectivity index (χ0v) is 28.1. The van der Waals surface area contributed by atoms with Crippen molar-refractivity contribution in [2.45, 2.75) is 31.0 Å². The van der Waals surface area contributed by atoms with Gasteiger partial charge >= 0.3 is 0 Å². The molecule has 0 unspecified atom stereocenters. The van der Waals surface area contributed by atoms with Gasteiger partial charge in [-0.05, 0) is 65.7 Å². The number of rotatable bonds is 15. The van der Waals surface area contributed by atoms with Crippen molar-refractivity contribution in [2.75, 3.05) is 34.5 Å². The zero-order chi connectivity index (χ0) is 33.2. The Morgan fingerprint density at radius 1 is 0.936 bits per heavy atom. The molecule has 0 fully saturated rings. The minimum atomic E-state index is -1.42. The Balaban J connectivity index is 1.53. The van der Waals surface area contributed by atoms with Gasteiger partial charge in [-0.3, -0.25) is 10.2 Å². The molecule has 10 nitrogen and oxygen atoms in total. The highest BCUT2D eigenvalue weighted by molar-refractivity contribution is 9.10. The van der Waals surface area contributed by atoms with Crippen LogP contribution in [-0.2, 0) is 22.5 Å². The van der Waals surface area contributed by atoms with E-state index in [4.69, 9.17) is 33.8 Å². The molecule has 4 aromatic carbocycles. The van der Waals surface area contributed by atoms with E-state index in [0.29, 0.717) is 47.5 Å². The number of hydrazine groups is 1. The third kappa shape index (κ3) is 7.87. The fraction of sp³-hybridized carbons (Fsp3) is 0.278. The third-order valence-electron chi connectivity index (χ3n) is 7.78. The maximum Gasteiger partial charge on any atom is 0.266 e.